The third-order valence-electron chi connectivity index (χ3n) is 7.13. The fourth-order valence-electron chi connectivity index (χ4n) is 4.81. The van der Waals surface area contributed by atoms with E-state index in [1.165, 1.54) is 50.8 Å². The Hall–Kier alpha value is -5.95. The number of anilines is 1. The number of benzene rings is 5. The van der Waals surface area contributed by atoms with Crippen LogP contribution in [0.15, 0.2) is 119 Å². The van der Waals surface area contributed by atoms with Crippen molar-refractivity contribution in [3.63, 3.8) is 0 Å². The van der Waals surface area contributed by atoms with Gasteiger partial charge in [0.05, 0.1) is 31.0 Å². The highest BCUT2D eigenvalue weighted by molar-refractivity contribution is 7.93. The van der Waals surface area contributed by atoms with Gasteiger partial charge in [-0.2, -0.15) is 5.10 Å². The number of rotatable bonds is 13. The number of fused-ring (bicyclic) bond motifs is 1. The van der Waals surface area contributed by atoms with Crippen LogP contribution in [-0.2, 0) is 21.4 Å². The highest BCUT2D eigenvalue weighted by Gasteiger charge is 2.34. The molecule has 5 aromatic rings. The van der Waals surface area contributed by atoms with Gasteiger partial charge in [0, 0.05) is 12.1 Å². The summed E-state index contributed by atoms with van der Waals surface area (Å²) in [5.41, 5.74) is 3.34. The fraction of sp³-hybridized carbons (Fsp3) is 0.118. The number of hydrogen-bond donors (Lipinski definition) is 1. The third-order valence-corrected chi connectivity index (χ3v) is 8.94. The van der Waals surface area contributed by atoms with Crippen LogP contribution >= 0.6 is 0 Å². The van der Waals surface area contributed by atoms with E-state index in [1.54, 1.807) is 24.3 Å². The van der Waals surface area contributed by atoms with E-state index >= 15 is 0 Å². The molecule has 0 atom stereocenters. The van der Waals surface area contributed by atoms with Crippen LogP contribution in [0.4, 0.5) is 11.4 Å². The first-order valence-corrected chi connectivity index (χ1v) is 15.6. The topological polar surface area (TPSA) is 150 Å². The zero-order valence-electron chi connectivity index (χ0n) is 25.4. The van der Waals surface area contributed by atoms with Crippen molar-refractivity contribution < 1.29 is 32.3 Å². The third kappa shape index (κ3) is 7.48. The zero-order chi connectivity index (χ0) is 33.4. The Morgan fingerprint density at radius 3 is 2.34 bits per heavy atom. The van der Waals surface area contributed by atoms with E-state index in [9.17, 15) is 23.3 Å². The zero-order valence-corrected chi connectivity index (χ0v) is 26.2. The molecular formula is C34H30N4O8S. The molecule has 240 valence electrons. The van der Waals surface area contributed by atoms with Crippen LogP contribution in [-0.4, -0.2) is 46.2 Å². The summed E-state index contributed by atoms with van der Waals surface area (Å²) in [6.45, 7) is -0.384. The minimum Gasteiger partial charge on any atom is -0.497 e. The number of carbonyl (C=O) groups is 1. The molecule has 0 radical (unpaired) electrons. The number of amides is 1. The van der Waals surface area contributed by atoms with Gasteiger partial charge in [0.25, 0.3) is 21.6 Å². The van der Waals surface area contributed by atoms with E-state index in [4.69, 9.17) is 14.2 Å². The molecule has 0 saturated heterocycles. The standard InChI is InChI=1S/C34H30N4O8S/c1-44-28-18-19-30(32(20-28)45-2)37(47(42,43)33-13-6-5-12-31(33)38(40)41)22-34(39)36-35-21-24-14-16-27(17-15-24)46-23-26-10-7-9-25-8-3-4-11-29(25)26/h3-21H,22-23H2,1-2H3,(H,36,39)/b35-21-. The normalized spacial score (nSPS) is 11.3. The number of para-hydroxylation sites is 1. The summed E-state index contributed by atoms with van der Waals surface area (Å²) in [6, 6.07) is 30.3. The molecule has 1 amide bonds. The molecule has 0 bridgehead atoms. The first-order chi connectivity index (χ1) is 22.7. The second-order valence-electron chi connectivity index (χ2n) is 10.1. The number of ether oxygens (including phenoxy) is 3. The van der Waals surface area contributed by atoms with Crippen molar-refractivity contribution in [3.05, 3.63) is 130 Å². The van der Waals surface area contributed by atoms with Crippen LogP contribution in [0.5, 0.6) is 17.2 Å². The molecule has 0 fully saturated rings. The maximum atomic E-state index is 13.9. The van der Waals surface area contributed by atoms with Gasteiger partial charge in [-0.1, -0.05) is 54.6 Å². The minimum absolute atomic E-state index is 0.0373. The number of nitrogens with one attached hydrogen (secondary N) is 1. The van der Waals surface area contributed by atoms with Crippen LogP contribution in [0.1, 0.15) is 11.1 Å². The van der Waals surface area contributed by atoms with E-state index in [0.29, 0.717) is 23.7 Å². The van der Waals surface area contributed by atoms with Crippen LogP contribution in [0.3, 0.4) is 0 Å². The van der Waals surface area contributed by atoms with Crippen LogP contribution < -0.4 is 23.9 Å². The molecule has 13 heteroatoms. The molecular weight excluding hydrogens is 624 g/mol. The lowest BCUT2D eigenvalue weighted by atomic mass is 10.1. The molecule has 5 rings (SSSR count). The number of hydrazone groups is 1. The number of hydrogen-bond acceptors (Lipinski definition) is 9. The van der Waals surface area contributed by atoms with Gasteiger partial charge in [0.15, 0.2) is 4.90 Å². The van der Waals surface area contributed by atoms with E-state index < -0.39 is 38.0 Å². The van der Waals surface area contributed by atoms with Crippen molar-refractivity contribution >= 4 is 44.3 Å². The summed E-state index contributed by atoms with van der Waals surface area (Å²) in [5.74, 6) is 0.262. The van der Waals surface area contributed by atoms with Crippen molar-refractivity contribution in [1.82, 2.24) is 5.43 Å². The highest BCUT2D eigenvalue weighted by atomic mass is 32.2. The molecule has 0 aromatic heterocycles. The molecule has 12 nitrogen and oxygen atoms in total. The van der Waals surface area contributed by atoms with Crippen LogP contribution in [0.25, 0.3) is 10.8 Å². The predicted octanol–water partition coefficient (Wildman–Crippen LogP) is 5.69. The van der Waals surface area contributed by atoms with Crippen molar-refractivity contribution in [2.24, 2.45) is 5.10 Å². The maximum absolute atomic E-state index is 13.9. The van der Waals surface area contributed by atoms with Gasteiger partial charge >= 0.3 is 0 Å². The van der Waals surface area contributed by atoms with Crippen molar-refractivity contribution in [3.8, 4) is 17.2 Å². The van der Waals surface area contributed by atoms with Crippen molar-refractivity contribution in [1.29, 1.82) is 0 Å². The number of nitrogens with zero attached hydrogens (tertiary/aromatic N) is 3. The number of nitro benzene ring substituents is 1. The van der Waals surface area contributed by atoms with Gasteiger partial charge in [0.2, 0.25) is 0 Å². The fourth-order valence-corrected chi connectivity index (χ4v) is 6.40. The Balaban J connectivity index is 1.30. The molecule has 1 N–H and O–H groups in total. The van der Waals surface area contributed by atoms with E-state index in [0.717, 1.165) is 32.8 Å². The van der Waals surface area contributed by atoms with Crippen molar-refractivity contribution in [2.75, 3.05) is 25.1 Å². The number of sulfonamides is 1. The SMILES string of the molecule is COc1ccc(N(CC(=O)N/N=C\c2ccc(OCc3cccc4ccccc34)cc2)S(=O)(=O)c2ccccc2[N+](=O)[O-])c(OC)c1. The lowest BCUT2D eigenvalue weighted by molar-refractivity contribution is -0.387. The summed E-state index contributed by atoms with van der Waals surface area (Å²) in [4.78, 5) is 23.3. The van der Waals surface area contributed by atoms with E-state index in [2.05, 4.69) is 16.6 Å². The first-order valence-electron chi connectivity index (χ1n) is 14.2. The largest absolute Gasteiger partial charge is 0.497 e. The smallest absolute Gasteiger partial charge is 0.289 e. The Morgan fingerprint density at radius 1 is 0.894 bits per heavy atom. The molecule has 0 aliphatic heterocycles. The summed E-state index contributed by atoms with van der Waals surface area (Å²) in [6.07, 6.45) is 1.39. The molecule has 0 aliphatic rings. The number of carbonyl (C=O) groups excluding carboxylic acids is 1. The van der Waals surface area contributed by atoms with Gasteiger partial charge in [-0.05, 0) is 64.4 Å². The summed E-state index contributed by atoms with van der Waals surface area (Å²) >= 11 is 0. The minimum atomic E-state index is -4.65. The number of nitro groups is 1. The van der Waals surface area contributed by atoms with E-state index in [-0.39, 0.29) is 11.4 Å². The summed E-state index contributed by atoms with van der Waals surface area (Å²) in [7, 11) is -1.91. The monoisotopic (exact) mass is 654 g/mol. The quantitative estimate of drug-likeness (QED) is 0.0967. The maximum Gasteiger partial charge on any atom is 0.289 e. The lowest BCUT2D eigenvalue weighted by Gasteiger charge is -2.25. The molecule has 0 aliphatic carbocycles. The second kappa shape index (κ2) is 14.4. The predicted molar refractivity (Wildman–Crippen MR) is 178 cm³/mol. The van der Waals surface area contributed by atoms with Gasteiger partial charge in [-0.15, -0.1) is 0 Å². The second-order valence-corrected chi connectivity index (χ2v) is 11.9. The van der Waals surface area contributed by atoms with Crippen LogP contribution in [0, 0.1) is 10.1 Å². The highest BCUT2D eigenvalue weighted by Crippen LogP contribution is 2.37. The summed E-state index contributed by atoms with van der Waals surface area (Å²) < 4.78 is 45.0. The first kappa shape index (κ1) is 32.4. The Morgan fingerprint density at radius 2 is 1.60 bits per heavy atom. The average Bonchev–Trinajstić information content (AvgIpc) is 3.10. The van der Waals surface area contributed by atoms with Gasteiger partial charge in [-0.25, -0.2) is 13.8 Å². The molecule has 0 heterocycles. The van der Waals surface area contributed by atoms with Gasteiger partial charge in [-0.3, -0.25) is 19.2 Å². The van der Waals surface area contributed by atoms with Crippen LogP contribution in [0.2, 0.25) is 0 Å². The number of methoxy groups -OCH3 is 2. The summed E-state index contributed by atoms with van der Waals surface area (Å²) in [5, 5.41) is 17.9. The average molecular weight is 655 g/mol. The van der Waals surface area contributed by atoms with E-state index in [1.807, 2.05) is 36.4 Å². The Labute approximate surface area is 271 Å². The van der Waals surface area contributed by atoms with Gasteiger partial charge < -0.3 is 14.2 Å². The molecule has 0 saturated carbocycles. The Kier molecular flexibility index (Phi) is 9.96. The van der Waals surface area contributed by atoms with Crippen molar-refractivity contribution in [2.45, 2.75) is 11.5 Å². The lowest BCUT2D eigenvalue weighted by Crippen LogP contribution is -2.40. The van der Waals surface area contributed by atoms with Gasteiger partial charge in [0.1, 0.15) is 30.4 Å². The molecule has 47 heavy (non-hydrogen) atoms. The molecule has 0 spiro atoms. The molecule has 0 unspecified atom stereocenters. The molecule has 5 aromatic carbocycles. The Bertz CT molecular complexity index is 2040.